The maximum absolute atomic E-state index is 14.5. The Balaban J connectivity index is 0.000000271. The van der Waals surface area contributed by atoms with Gasteiger partial charge in [0.15, 0.2) is 23.1 Å². The van der Waals surface area contributed by atoms with E-state index in [2.05, 4.69) is 41.2 Å². The molecule has 0 saturated carbocycles. The van der Waals surface area contributed by atoms with Crippen LogP contribution in [0.5, 0.6) is 23.0 Å². The van der Waals surface area contributed by atoms with E-state index < -0.39 is 475 Å². The molecule has 132 heavy (non-hydrogen) atoms. The summed E-state index contributed by atoms with van der Waals surface area (Å²) >= 11 is 0. The van der Waals surface area contributed by atoms with E-state index >= 15 is 0 Å². The standard InChI is InChI=1S/4C26H27FN4O2/c4*1-5-33-25-14-24-22(13-18(25)12-21(32)7-6-10-31(3)4)26(19(15-28)16-29-24)30-20-8-9-23(27)17(2)11-20/h4*6-9,11,13-14,16H,5,10,12H2,1-4H3,(H,29,30)/b4*7-6+/i1D3,5D2,6D,7D,8D,9D,10D2,11D,13D,14D,16D;1D3,3D3,5D2,6D,7D,8D,9D,11D,13D,14D,16D;3D3,5D2,6D,7D,8D,9D,11D,13D,14D,16D;3D3,6D,7D,8D,9D,11D,13D,14D,16D. The topological polar surface area (TPSA) is 313 Å². The summed E-state index contributed by atoms with van der Waals surface area (Å²) in [6, 6.07) is -15.9. The normalized spacial score (nSPS) is 18.7. The molecule has 0 fully saturated rings. The molecule has 8 aromatic carbocycles. The van der Waals surface area contributed by atoms with Gasteiger partial charge in [0.2, 0.25) is 0 Å². The van der Waals surface area contributed by atoms with Crippen LogP contribution in [0.3, 0.4) is 0 Å². The molecule has 0 saturated heterocycles. The first-order valence-electron chi connectivity index (χ1n) is 65.4. The van der Waals surface area contributed by atoms with Crippen LogP contribution in [0.25, 0.3) is 43.6 Å². The van der Waals surface area contributed by atoms with Gasteiger partial charge in [0, 0.05) is 191 Å². The van der Waals surface area contributed by atoms with E-state index in [1.807, 2.05) is 0 Å². The average molecular weight is 1840 g/mol. The van der Waals surface area contributed by atoms with Gasteiger partial charge < -0.3 is 59.8 Å². The zero-order valence-corrected chi connectivity index (χ0v) is 71.3. The zero-order chi connectivity index (χ0) is 143. The molecule has 4 aromatic heterocycles. The number of rotatable bonds is 36. The van der Waals surface area contributed by atoms with Crippen molar-refractivity contribution in [3.63, 3.8) is 0 Å². The largest absolute Gasteiger partial charge is 0.494 e. The number of ketones is 4. The van der Waals surface area contributed by atoms with Crippen molar-refractivity contribution in [3.05, 3.63) is 284 Å². The number of benzene rings is 8. The molecule has 4 heterocycles. The molecule has 4 N–H and O–H groups in total. The van der Waals surface area contributed by atoms with Gasteiger partial charge in [-0.05, 0) is 255 Å². The van der Waals surface area contributed by atoms with Crippen LogP contribution in [0.15, 0.2) is 194 Å². The summed E-state index contributed by atoms with van der Waals surface area (Å²) in [5.74, 6) is -12.4. The predicted molar refractivity (Wildman–Crippen MR) is 514 cm³/mol. The molecular weight excluding hydrogens is 1680 g/mol. The highest BCUT2D eigenvalue weighted by atomic mass is 19.1. The Morgan fingerprint density at radius 1 is 0.394 bits per heavy atom. The lowest BCUT2D eigenvalue weighted by atomic mass is 10.0. The van der Waals surface area contributed by atoms with Crippen LogP contribution >= 0.6 is 0 Å². The molecule has 0 aliphatic heterocycles. The van der Waals surface area contributed by atoms with Crippen molar-refractivity contribution in [3.8, 4) is 47.3 Å². The first-order valence-corrected chi connectivity index (χ1v) is 37.9. The molecule has 0 amide bonds. The van der Waals surface area contributed by atoms with Gasteiger partial charge in [0.25, 0.3) is 0 Å². The number of halogens is 4. The molecule has 0 atom stereocenters. The van der Waals surface area contributed by atoms with Crippen LogP contribution in [-0.2, 0) is 44.9 Å². The monoisotopic (exact) mass is 1840 g/mol. The Morgan fingerprint density at radius 2 is 0.652 bits per heavy atom. The summed E-state index contributed by atoms with van der Waals surface area (Å²) in [6.45, 7) is -21.9. The Bertz CT molecular complexity index is 9470. The fourth-order valence-electron chi connectivity index (χ4n) is 10.8. The Labute approximate surface area is 845 Å². The first kappa shape index (κ1) is 48.6. The second kappa shape index (κ2) is 48.9. The maximum atomic E-state index is 14.5. The Morgan fingerprint density at radius 3 is 0.886 bits per heavy atom. The van der Waals surface area contributed by atoms with E-state index in [4.69, 9.17) is 94.3 Å². The van der Waals surface area contributed by atoms with E-state index in [9.17, 15) is 57.8 Å². The van der Waals surface area contributed by atoms with Crippen molar-refractivity contribution in [2.45, 2.75) is 80.9 Å². The average Bonchev–Trinajstić information content (AvgIpc) is 0.729. The molecule has 680 valence electrons. The summed E-state index contributed by atoms with van der Waals surface area (Å²) in [5, 5.41) is 48.0. The number of carbonyl (C=O) groups excluding carboxylic acids is 4. The molecular formula is C104H108F4N16O8. The molecule has 0 bridgehead atoms. The minimum absolute atomic E-state index is 0.0324. The number of hydrogen-bond donors (Lipinski definition) is 4. The number of nitrogens with one attached hydrogen (secondary N) is 4. The van der Waals surface area contributed by atoms with Gasteiger partial charge in [0.05, 0.1) is 145 Å². The van der Waals surface area contributed by atoms with Crippen molar-refractivity contribution in [1.29, 1.82) is 21.0 Å². The lowest BCUT2D eigenvalue weighted by Gasteiger charge is -2.15. The van der Waals surface area contributed by atoms with Crippen LogP contribution < -0.4 is 40.2 Å². The van der Waals surface area contributed by atoms with E-state index in [0.29, 0.717) is 4.90 Å². The zero-order valence-electron chi connectivity index (χ0n) is 126. The Kier molecular flexibility index (Phi) is 18.0. The molecule has 0 aliphatic carbocycles. The predicted octanol–water partition coefficient (Wildman–Crippen LogP) is 19.7. The minimum atomic E-state index is -3.56. The fourth-order valence-corrected chi connectivity index (χ4v) is 10.8. The smallest absolute Gasteiger partial charge is 0.159 e. The van der Waals surface area contributed by atoms with Gasteiger partial charge >= 0.3 is 0 Å². The summed E-state index contributed by atoms with van der Waals surface area (Å²) in [5.41, 5.74) is -12.0. The second-order valence-electron chi connectivity index (χ2n) is 27.0. The molecule has 12 aromatic rings. The lowest BCUT2D eigenvalue weighted by molar-refractivity contribution is -0.114. The number of ether oxygens (including phenoxy) is 4. The van der Waals surface area contributed by atoms with Gasteiger partial charge in [0.1, 0.15) is 70.5 Å². The fraction of sp³-hybridized carbons (Fsp3) is 0.269. The molecule has 24 nitrogen and oxygen atoms in total. The first-order chi connectivity index (χ1) is 85.5. The van der Waals surface area contributed by atoms with Gasteiger partial charge in [-0.1, -0.05) is 24.2 Å². The van der Waals surface area contributed by atoms with Gasteiger partial charge in [-0.3, -0.25) is 39.1 Å². The number of anilines is 8. The summed E-state index contributed by atoms with van der Waals surface area (Å²) < 4.78 is 522. The van der Waals surface area contributed by atoms with Crippen molar-refractivity contribution >= 4 is 112 Å². The number of nitriles is 4. The van der Waals surface area contributed by atoms with E-state index in [1.165, 1.54) is 35.0 Å². The summed E-state index contributed by atoms with van der Waals surface area (Å²) in [4.78, 5) is 71.7. The molecule has 0 unspecified atom stereocenters. The van der Waals surface area contributed by atoms with Crippen molar-refractivity contribution in [2.24, 2.45) is 0 Å². The number of nitrogens with zero attached hydrogens (tertiary/aromatic N) is 12. The van der Waals surface area contributed by atoms with Gasteiger partial charge in [-0.25, -0.2) is 17.6 Å². The van der Waals surface area contributed by atoms with E-state index in [1.54, 1.807) is 31.2 Å². The van der Waals surface area contributed by atoms with Gasteiger partial charge in [-0.2, -0.15) is 21.0 Å². The van der Waals surface area contributed by atoms with Crippen molar-refractivity contribution in [2.75, 3.05) is 130 Å². The summed E-state index contributed by atoms with van der Waals surface area (Å²) in [6.07, 6.45) is -7.06. The highest BCUT2D eigenvalue weighted by Crippen LogP contribution is 2.40. The number of allylic oxidation sites excluding steroid dienone is 4. The lowest BCUT2D eigenvalue weighted by Crippen LogP contribution is -2.11. The highest BCUT2D eigenvalue weighted by Gasteiger charge is 2.23. The van der Waals surface area contributed by atoms with Crippen molar-refractivity contribution in [1.82, 2.24) is 39.5 Å². The number of likely N-dealkylation sites (N-methyl/N-ethyl adjacent to an activating group) is 4. The van der Waals surface area contributed by atoms with Crippen LogP contribution in [0.2, 0.25) is 0 Å². The van der Waals surface area contributed by atoms with Gasteiger partial charge in [-0.15, -0.1) is 0 Å². The number of pyridine rings is 4. The van der Waals surface area contributed by atoms with Crippen LogP contribution in [-0.4, -0.2) is 171 Å². The maximum Gasteiger partial charge on any atom is 0.159 e. The molecule has 12 rings (SSSR count). The molecule has 28 heteroatoms. The number of fused-ring (bicyclic) bond motifs is 4. The van der Waals surface area contributed by atoms with Crippen LogP contribution in [0.1, 0.15) is 170 Å². The quantitative estimate of drug-likeness (QED) is 0.0209. The van der Waals surface area contributed by atoms with E-state index in [0.717, 1.165) is 49.6 Å². The van der Waals surface area contributed by atoms with Crippen LogP contribution in [0.4, 0.5) is 63.1 Å². The number of carbonyl (C=O) groups is 4. The third kappa shape index (κ3) is 28.5. The third-order valence-electron chi connectivity index (χ3n) is 16.7. The number of aromatic nitrogens is 4. The molecule has 0 aliphatic rings. The Hall–Kier alpha value is -15.0. The SMILES string of the molecule is [2H]/C(C(=O)Cc1c(OC([2H])([2H])C([2H])([2H])[2H])c([2H])c2nc([2H])c(C#N)c(Nc3c([2H])c([2H])c(F)c(C)c3[2H])c2c1[2H])=C(/[2H])C([2H])([2H])N(C)C.[2H]/C(CN(C)C([2H])([2H])[2H])=C(/[2H])C(=O)Cc1c(OC([2H])([2H])C([2H])([2H])[2H])c([2H])c2nc([2H])c(C#N)c(Nc3c([2H])c([2H])c(F)c(C)c3[2H])c2c1[2H].[2H]/C(CN(C)C([2H])([2H])[2H])=C(/[2H])C(=O)Cc1c(OC([2H])([2H])C)c([2H])c2nc([2H])c(C#N)c(Nc3c([2H])c([2H])c(F)c(C)c3[2H])c2c1[2H].[2H]/C(CN(C)C([2H])([2H])[2H])=C(/[2H])C(=O)Cc1c(OCC)c([2H])c2nc([2H])c(C#N)c(Nc3c([2H])c([2H])c(F)c(C)c3[2H])c2c1[2H]. The van der Waals surface area contributed by atoms with Crippen LogP contribution in [0, 0.1) is 96.3 Å². The third-order valence-corrected chi connectivity index (χ3v) is 16.7. The summed E-state index contributed by atoms with van der Waals surface area (Å²) in [7, 11) is 5.91. The van der Waals surface area contributed by atoms with Crippen molar-refractivity contribution < 1.29 is 131 Å². The molecule has 0 radical (unpaired) electrons. The molecule has 0 spiro atoms. The number of hydrogen-bond acceptors (Lipinski definition) is 24. The second-order valence-corrected chi connectivity index (χ2v) is 27.0. The van der Waals surface area contributed by atoms with E-state index in [-0.39, 0.29) is 56.8 Å². The minimum Gasteiger partial charge on any atom is -0.494 e. The highest BCUT2D eigenvalue weighted by molar-refractivity contribution is 6.03.